The van der Waals surface area contributed by atoms with Crippen molar-refractivity contribution in [2.75, 3.05) is 46.3 Å². The van der Waals surface area contributed by atoms with Crippen LogP contribution in [0.4, 0.5) is 4.39 Å². The predicted octanol–water partition coefficient (Wildman–Crippen LogP) is 2.67. The number of nitrogens with zero attached hydrogens (tertiary/aromatic N) is 2. The second-order valence-corrected chi connectivity index (χ2v) is 10.6. The Morgan fingerprint density at radius 1 is 1.26 bits per heavy atom. The predicted molar refractivity (Wildman–Crippen MR) is 134 cm³/mol. The summed E-state index contributed by atoms with van der Waals surface area (Å²) in [7, 11) is 1.78. The minimum Gasteiger partial charge on any atom is -0.389 e. The van der Waals surface area contributed by atoms with E-state index in [0.29, 0.717) is 60.9 Å². The van der Waals surface area contributed by atoms with Crippen LogP contribution in [-0.2, 0) is 4.79 Å². The summed E-state index contributed by atoms with van der Waals surface area (Å²) in [6.45, 7) is 5.35. The van der Waals surface area contributed by atoms with Crippen molar-refractivity contribution >= 4 is 27.7 Å². The number of carbonyl (C=O) groups excluding carboxylic acids is 1. The molecule has 1 aromatic rings. The molecule has 0 spiro atoms. The number of carbonyl (C=O) groups is 1. The summed E-state index contributed by atoms with van der Waals surface area (Å²) < 4.78 is 15.5. The molecule has 0 bridgehead atoms. The molecule has 7 nitrogen and oxygen atoms in total. The lowest BCUT2D eigenvalue weighted by Crippen LogP contribution is -2.53. The van der Waals surface area contributed by atoms with Gasteiger partial charge in [0.15, 0.2) is 0 Å². The number of amides is 1. The number of rotatable bonds is 8. The summed E-state index contributed by atoms with van der Waals surface area (Å²) in [6.07, 6.45) is 2.48. The van der Waals surface area contributed by atoms with E-state index in [1.165, 1.54) is 18.9 Å². The van der Waals surface area contributed by atoms with Gasteiger partial charge < -0.3 is 25.5 Å². The molecule has 0 unspecified atom stereocenters. The van der Waals surface area contributed by atoms with Gasteiger partial charge in [0.1, 0.15) is 11.7 Å². The summed E-state index contributed by atoms with van der Waals surface area (Å²) >= 11 is 3.30. The van der Waals surface area contributed by atoms with E-state index in [1.54, 1.807) is 24.1 Å². The second-order valence-electron chi connectivity index (χ2n) is 9.71. The molecule has 34 heavy (non-hydrogen) atoms. The average Bonchev–Trinajstić information content (AvgIpc) is 3.59. The quantitative estimate of drug-likeness (QED) is 0.303. The van der Waals surface area contributed by atoms with Gasteiger partial charge in [-0.25, -0.2) is 4.39 Å². The Kier molecular flexibility index (Phi) is 7.94. The second kappa shape index (κ2) is 10.7. The van der Waals surface area contributed by atoms with Crippen molar-refractivity contribution in [2.45, 2.75) is 38.2 Å². The minimum atomic E-state index is -0.582. The maximum atomic E-state index is 14.8. The van der Waals surface area contributed by atoms with Crippen molar-refractivity contribution in [1.82, 2.24) is 20.4 Å². The topological polar surface area (TPSA) is 91.7 Å². The monoisotopic (exact) mass is 535 g/mol. The molecule has 3 aliphatic rings. The molecule has 4 rings (SSSR count). The number of aliphatic hydroxyl groups is 1. The summed E-state index contributed by atoms with van der Waals surface area (Å²) in [5.41, 5.74) is 2.00. The van der Waals surface area contributed by atoms with Gasteiger partial charge in [-0.3, -0.25) is 10.2 Å². The highest BCUT2D eigenvalue weighted by Gasteiger charge is 2.36. The standard InChI is InChI=1S/C25H35BrFN5O2/c1-15-11-21(33)23(29-2)22(15)24(28)31-7-9-32(10-8-31)25(34)19(14-30-13-16-3-4-16)18-6-5-17(26)12-20(18)27/h5-6,12,15-16,19,21,28-30,33H,3-4,7-11,13-14H2,1-2H3/t15-,19-,21+/m1/s1. The molecular weight excluding hydrogens is 501 g/mol. The highest BCUT2D eigenvalue weighted by atomic mass is 79.9. The van der Waals surface area contributed by atoms with Gasteiger partial charge in [0.2, 0.25) is 5.91 Å². The largest absolute Gasteiger partial charge is 0.389 e. The molecule has 4 N–H and O–H groups in total. The van der Waals surface area contributed by atoms with Crippen molar-refractivity contribution in [3.63, 3.8) is 0 Å². The lowest BCUT2D eigenvalue weighted by Gasteiger charge is -2.38. The van der Waals surface area contributed by atoms with Gasteiger partial charge in [0.05, 0.1) is 12.0 Å². The van der Waals surface area contributed by atoms with Crippen LogP contribution in [0.3, 0.4) is 0 Å². The number of piperazine rings is 1. The molecule has 0 aromatic heterocycles. The first-order chi connectivity index (χ1) is 16.3. The fraction of sp³-hybridized carbons (Fsp3) is 0.600. The van der Waals surface area contributed by atoms with Crippen LogP contribution in [0.1, 0.15) is 37.7 Å². The van der Waals surface area contributed by atoms with Crippen LogP contribution >= 0.6 is 15.9 Å². The molecule has 0 radical (unpaired) electrons. The fourth-order valence-electron chi connectivity index (χ4n) is 5.09. The zero-order chi connectivity index (χ0) is 24.4. The molecule has 3 atom stereocenters. The van der Waals surface area contributed by atoms with Gasteiger partial charge in [-0.1, -0.05) is 28.9 Å². The normalized spacial score (nSPS) is 23.9. The molecule has 1 saturated carbocycles. The van der Waals surface area contributed by atoms with Crippen molar-refractivity contribution in [3.8, 4) is 0 Å². The maximum Gasteiger partial charge on any atom is 0.231 e. The van der Waals surface area contributed by atoms with Gasteiger partial charge in [-0.2, -0.15) is 0 Å². The number of nitrogens with one attached hydrogen (secondary N) is 3. The Bertz CT molecular complexity index is 959. The van der Waals surface area contributed by atoms with Crippen molar-refractivity contribution in [1.29, 1.82) is 5.41 Å². The zero-order valence-corrected chi connectivity index (χ0v) is 21.5. The highest BCUT2D eigenvalue weighted by Crippen LogP contribution is 2.33. The van der Waals surface area contributed by atoms with E-state index in [1.807, 2.05) is 11.8 Å². The number of amidine groups is 1. The third kappa shape index (κ3) is 5.47. The van der Waals surface area contributed by atoms with Crippen molar-refractivity contribution < 1.29 is 14.3 Å². The summed E-state index contributed by atoms with van der Waals surface area (Å²) in [5, 5.41) is 25.5. The molecule has 2 aliphatic carbocycles. The van der Waals surface area contributed by atoms with Crippen LogP contribution in [0.2, 0.25) is 0 Å². The van der Waals surface area contributed by atoms with E-state index >= 15 is 0 Å². The first kappa shape index (κ1) is 25.1. The van der Waals surface area contributed by atoms with E-state index < -0.39 is 12.0 Å². The van der Waals surface area contributed by atoms with E-state index in [-0.39, 0.29) is 17.6 Å². The maximum absolute atomic E-state index is 14.8. The fourth-order valence-corrected chi connectivity index (χ4v) is 5.42. The van der Waals surface area contributed by atoms with Gasteiger partial charge in [0, 0.05) is 61.1 Å². The first-order valence-corrected chi connectivity index (χ1v) is 13.0. The van der Waals surface area contributed by atoms with Gasteiger partial charge >= 0.3 is 0 Å². The molecule has 2 fully saturated rings. The van der Waals surface area contributed by atoms with Crippen LogP contribution < -0.4 is 10.6 Å². The number of halogens is 2. The smallest absolute Gasteiger partial charge is 0.231 e. The zero-order valence-electron chi connectivity index (χ0n) is 19.9. The summed E-state index contributed by atoms with van der Waals surface area (Å²) in [6, 6.07) is 4.90. The van der Waals surface area contributed by atoms with Crippen molar-refractivity contribution in [2.24, 2.45) is 11.8 Å². The SMILES string of the molecule is CNC1=C(C(=N)N2CCN(C(=O)[C@H](CNCC3CC3)c3ccc(Br)cc3F)CC2)[C@H](C)C[C@@H]1O. The van der Waals surface area contributed by atoms with E-state index in [2.05, 4.69) is 26.6 Å². The molecule has 1 saturated heterocycles. The summed E-state index contributed by atoms with van der Waals surface area (Å²) in [4.78, 5) is 17.3. The van der Waals surface area contributed by atoms with Gasteiger partial charge in [-0.15, -0.1) is 0 Å². The number of aliphatic hydroxyl groups excluding tert-OH is 1. The van der Waals surface area contributed by atoms with Crippen LogP contribution in [0.5, 0.6) is 0 Å². The van der Waals surface area contributed by atoms with Crippen LogP contribution in [-0.4, -0.2) is 79.1 Å². The van der Waals surface area contributed by atoms with E-state index in [4.69, 9.17) is 5.41 Å². The molecule has 1 amide bonds. The number of hydrogen-bond acceptors (Lipinski definition) is 5. The lowest BCUT2D eigenvalue weighted by molar-refractivity contribution is -0.134. The lowest BCUT2D eigenvalue weighted by atomic mass is 9.96. The molecule has 186 valence electrons. The third-order valence-corrected chi connectivity index (χ3v) is 7.73. The first-order valence-electron chi connectivity index (χ1n) is 12.2. The highest BCUT2D eigenvalue weighted by molar-refractivity contribution is 9.10. The number of benzene rings is 1. The Labute approximate surface area is 209 Å². The Morgan fingerprint density at radius 3 is 2.56 bits per heavy atom. The van der Waals surface area contributed by atoms with Crippen LogP contribution in [0.25, 0.3) is 0 Å². The van der Waals surface area contributed by atoms with Crippen molar-refractivity contribution in [3.05, 3.63) is 45.3 Å². The Balaban J connectivity index is 1.43. The molecule has 1 heterocycles. The molecule has 1 aliphatic heterocycles. The third-order valence-electron chi connectivity index (χ3n) is 7.24. The number of hydrogen-bond donors (Lipinski definition) is 4. The average molecular weight is 536 g/mol. The van der Waals surface area contributed by atoms with Crippen LogP contribution in [0.15, 0.2) is 33.9 Å². The minimum absolute atomic E-state index is 0.0736. The Hall–Kier alpha value is -1.97. The Morgan fingerprint density at radius 2 is 1.94 bits per heavy atom. The van der Waals surface area contributed by atoms with Gasteiger partial charge in [0.25, 0.3) is 0 Å². The van der Waals surface area contributed by atoms with E-state index in [0.717, 1.165) is 17.8 Å². The van der Waals surface area contributed by atoms with Gasteiger partial charge in [-0.05, 0) is 49.8 Å². The molecule has 9 heteroatoms. The number of likely N-dealkylation sites (N-methyl/N-ethyl adjacent to an activating group) is 1. The summed E-state index contributed by atoms with van der Waals surface area (Å²) in [5.74, 6) is 0.168. The van der Waals surface area contributed by atoms with E-state index in [9.17, 15) is 14.3 Å². The molecule has 1 aromatic carbocycles. The molecular formula is C25H35BrFN5O2. The van der Waals surface area contributed by atoms with Crippen LogP contribution in [0, 0.1) is 23.1 Å².